The maximum absolute atomic E-state index is 12.2. The predicted molar refractivity (Wildman–Crippen MR) is 85.1 cm³/mol. The summed E-state index contributed by atoms with van der Waals surface area (Å²) < 4.78 is 10.6. The second kappa shape index (κ2) is 6.95. The number of amides is 3. The third kappa shape index (κ3) is 3.61. The second-order valence-electron chi connectivity index (χ2n) is 5.44. The highest BCUT2D eigenvalue weighted by Gasteiger charge is 2.31. The molecule has 1 aromatic carbocycles. The van der Waals surface area contributed by atoms with Gasteiger partial charge in [-0.05, 0) is 12.1 Å². The van der Waals surface area contributed by atoms with Gasteiger partial charge < -0.3 is 25.0 Å². The van der Waals surface area contributed by atoms with Crippen LogP contribution in [0.3, 0.4) is 0 Å². The van der Waals surface area contributed by atoms with Crippen molar-refractivity contribution in [3.05, 3.63) is 18.2 Å². The summed E-state index contributed by atoms with van der Waals surface area (Å²) in [6, 6.07) is 5.19. The highest BCUT2D eigenvalue weighted by atomic mass is 35.5. The van der Waals surface area contributed by atoms with Crippen LogP contribution in [-0.2, 0) is 4.79 Å². The Labute approximate surface area is 138 Å². The van der Waals surface area contributed by atoms with Crippen LogP contribution in [0.2, 0.25) is 0 Å². The first kappa shape index (κ1) is 15.7. The number of ether oxygens (including phenoxy) is 2. The Bertz CT molecular complexity index is 610. The number of halogens is 1. The molecule has 3 amide bonds. The molecule has 124 valence electrons. The van der Waals surface area contributed by atoms with E-state index in [1.807, 2.05) is 12.1 Å². The van der Waals surface area contributed by atoms with Crippen LogP contribution in [0.5, 0.6) is 11.5 Å². The van der Waals surface area contributed by atoms with Crippen molar-refractivity contribution in [1.29, 1.82) is 0 Å². The smallest absolute Gasteiger partial charge is 0.314 e. The third-order valence-corrected chi connectivity index (χ3v) is 3.99. The zero-order chi connectivity index (χ0) is 16.2. The number of fused-ring (bicyclic) bond motifs is 1. The monoisotopic (exact) mass is 339 g/mol. The molecule has 2 aliphatic rings. The zero-order valence-corrected chi connectivity index (χ0v) is 13.3. The average molecular weight is 340 g/mol. The van der Waals surface area contributed by atoms with Crippen LogP contribution in [0.25, 0.3) is 0 Å². The molecule has 0 radical (unpaired) electrons. The van der Waals surface area contributed by atoms with Crippen molar-refractivity contribution in [1.82, 2.24) is 10.6 Å². The van der Waals surface area contributed by atoms with Crippen molar-refractivity contribution in [3.63, 3.8) is 0 Å². The lowest BCUT2D eigenvalue weighted by molar-refractivity contribution is -0.117. The van der Waals surface area contributed by atoms with E-state index >= 15 is 0 Å². The molecular formula is C15H18ClN3O4. The van der Waals surface area contributed by atoms with Crippen LogP contribution in [0.15, 0.2) is 18.2 Å². The van der Waals surface area contributed by atoms with Crippen molar-refractivity contribution in [3.8, 4) is 11.5 Å². The van der Waals surface area contributed by atoms with Gasteiger partial charge in [-0.3, -0.25) is 4.79 Å². The zero-order valence-electron chi connectivity index (χ0n) is 12.5. The molecule has 2 N–H and O–H groups in total. The van der Waals surface area contributed by atoms with Gasteiger partial charge in [0.25, 0.3) is 0 Å². The topological polar surface area (TPSA) is 79.9 Å². The Morgan fingerprint density at radius 2 is 2.13 bits per heavy atom. The van der Waals surface area contributed by atoms with Crippen LogP contribution in [0, 0.1) is 5.92 Å². The highest BCUT2D eigenvalue weighted by molar-refractivity contribution is 6.18. The first-order valence-corrected chi connectivity index (χ1v) is 7.98. The SMILES string of the molecule is O=C(NCCCl)NCC1CC(=O)N(c2ccc3c(c2)OCO3)C1. The lowest BCUT2D eigenvalue weighted by Gasteiger charge is -2.17. The molecule has 1 aromatic rings. The van der Waals surface area contributed by atoms with E-state index in [9.17, 15) is 9.59 Å². The molecule has 0 bridgehead atoms. The van der Waals surface area contributed by atoms with E-state index in [4.69, 9.17) is 21.1 Å². The summed E-state index contributed by atoms with van der Waals surface area (Å²) in [7, 11) is 0. The number of rotatable bonds is 5. The van der Waals surface area contributed by atoms with Gasteiger partial charge in [0.1, 0.15) is 0 Å². The molecule has 1 saturated heterocycles. The molecule has 2 heterocycles. The Balaban J connectivity index is 1.56. The molecule has 1 unspecified atom stereocenters. The molecule has 7 nitrogen and oxygen atoms in total. The molecule has 1 atom stereocenters. The summed E-state index contributed by atoms with van der Waals surface area (Å²) >= 11 is 5.51. The van der Waals surface area contributed by atoms with E-state index < -0.39 is 0 Å². The van der Waals surface area contributed by atoms with Gasteiger partial charge in [-0.2, -0.15) is 0 Å². The molecule has 0 spiro atoms. The largest absolute Gasteiger partial charge is 0.454 e. The summed E-state index contributed by atoms with van der Waals surface area (Å²) in [5, 5.41) is 5.39. The van der Waals surface area contributed by atoms with Gasteiger partial charge in [0.05, 0.1) is 0 Å². The molecular weight excluding hydrogens is 322 g/mol. The fourth-order valence-electron chi connectivity index (χ4n) is 2.68. The third-order valence-electron chi connectivity index (χ3n) is 3.80. The summed E-state index contributed by atoms with van der Waals surface area (Å²) in [4.78, 5) is 25.4. The van der Waals surface area contributed by atoms with E-state index in [0.29, 0.717) is 43.4 Å². The fourth-order valence-corrected chi connectivity index (χ4v) is 2.78. The van der Waals surface area contributed by atoms with Crippen LogP contribution in [0.4, 0.5) is 10.5 Å². The van der Waals surface area contributed by atoms with E-state index in [-0.39, 0.29) is 24.6 Å². The van der Waals surface area contributed by atoms with Gasteiger partial charge in [0, 0.05) is 49.6 Å². The highest BCUT2D eigenvalue weighted by Crippen LogP contribution is 2.37. The van der Waals surface area contributed by atoms with Gasteiger partial charge in [-0.1, -0.05) is 0 Å². The maximum Gasteiger partial charge on any atom is 0.314 e. The number of urea groups is 1. The number of hydrogen-bond donors (Lipinski definition) is 2. The van der Waals surface area contributed by atoms with Gasteiger partial charge in [0.15, 0.2) is 11.5 Å². The molecule has 1 fully saturated rings. The first-order valence-electron chi connectivity index (χ1n) is 7.45. The number of nitrogens with zero attached hydrogens (tertiary/aromatic N) is 1. The molecule has 2 aliphatic heterocycles. The minimum absolute atomic E-state index is 0.0387. The normalized spacial score (nSPS) is 19.1. The van der Waals surface area contributed by atoms with Crippen molar-refractivity contribution in [2.24, 2.45) is 5.92 Å². The fraction of sp³-hybridized carbons (Fsp3) is 0.467. The molecule has 3 rings (SSSR count). The second-order valence-corrected chi connectivity index (χ2v) is 5.82. The minimum Gasteiger partial charge on any atom is -0.454 e. The number of carbonyl (C=O) groups is 2. The minimum atomic E-state index is -0.264. The van der Waals surface area contributed by atoms with Crippen molar-refractivity contribution in [2.45, 2.75) is 6.42 Å². The Morgan fingerprint density at radius 1 is 1.30 bits per heavy atom. The Kier molecular flexibility index (Phi) is 4.76. The van der Waals surface area contributed by atoms with E-state index in [2.05, 4.69) is 10.6 Å². The number of hydrogen-bond acceptors (Lipinski definition) is 4. The number of nitrogens with one attached hydrogen (secondary N) is 2. The molecule has 0 aromatic heterocycles. The van der Waals surface area contributed by atoms with Gasteiger partial charge in [0.2, 0.25) is 12.7 Å². The lowest BCUT2D eigenvalue weighted by Crippen LogP contribution is -2.39. The van der Waals surface area contributed by atoms with Gasteiger partial charge in [-0.25, -0.2) is 4.79 Å². The molecule has 0 saturated carbocycles. The van der Waals surface area contributed by atoms with Crippen molar-refractivity contribution in [2.75, 3.05) is 37.2 Å². The number of benzene rings is 1. The number of anilines is 1. The van der Waals surface area contributed by atoms with Crippen LogP contribution >= 0.6 is 11.6 Å². The number of carbonyl (C=O) groups excluding carboxylic acids is 2. The Hall–Kier alpha value is -2.15. The average Bonchev–Trinajstić information content (AvgIpc) is 3.16. The van der Waals surface area contributed by atoms with E-state index in [1.165, 1.54) is 0 Å². The molecule has 23 heavy (non-hydrogen) atoms. The maximum atomic E-state index is 12.2. The van der Waals surface area contributed by atoms with Crippen LogP contribution in [-0.4, -0.2) is 44.2 Å². The molecule has 0 aliphatic carbocycles. The Morgan fingerprint density at radius 3 is 2.96 bits per heavy atom. The van der Waals surface area contributed by atoms with Gasteiger partial charge in [-0.15, -0.1) is 11.6 Å². The van der Waals surface area contributed by atoms with Crippen molar-refractivity contribution < 1.29 is 19.1 Å². The summed E-state index contributed by atoms with van der Waals surface area (Å²) in [6.45, 7) is 1.63. The van der Waals surface area contributed by atoms with Gasteiger partial charge >= 0.3 is 6.03 Å². The lowest BCUT2D eigenvalue weighted by atomic mass is 10.1. The van der Waals surface area contributed by atoms with Crippen molar-refractivity contribution >= 4 is 29.2 Å². The van der Waals surface area contributed by atoms with E-state index in [0.717, 1.165) is 5.69 Å². The number of alkyl halides is 1. The quantitative estimate of drug-likeness (QED) is 0.793. The molecule has 8 heteroatoms. The summed E-state index contributed by atoms with van der Waals surface area (Å²) in [5.41, 5.74) is 0.786. The predicted octanol–water partition coefficient (Wildman–Crippen LogP) is 1.31. The summed E-state index contributed by atoms with van der Waals surface area (Å²) in [6.07, 6.45) is 0.407. The first-order chi connectivity index (χ1) is 11.2. The van der Waals surface area contributed by atoms with Crippen LogP contribution in [0.1, 0.15) is 6.42 Å². The van der Waals surface area contributed by atoms with E-state index in [1.54, 1.807) is 11.0 Å². The summed E-state index contributed by atoms with van der Waals surface area (Å²) in [5.74, 6) is 1.83. The standard InChI is InChI=1S/C15H18ClN3O4/c16-3-4-17-15(21)18-7-10-5-14(20)19(8-10)11-1-2-12-13(6-11)23-9-22-12/h1-2,6,10H,3-5,7-9H2,(H2,17,18,21). The van der Waals surface area contributed by atoms with Crippen LogP contribution < -0.4 is 25.0 Å².